The fourth-order valence-electron chi connectivity index (χ4n) is 4.32. The van der Waals surface area contributed by atoms with Crippen molar-refractivity contribution in [3.63, 3.8) is 0 Å². The second kappa shape index (κ2) is 10.4. The maximum absolute atomic E-state index is 13.0. The molecule has 2 saturated heterocycles. The summed E-state index contributed by atoms with van der Waals surface area (Å²) in [5, 5.41) is 0. The van der Waals surface area contributed by atoms with Crippen molar-refractivity contribution in [2.24, 2.45) is 0 Å². The Morgan fingerprint density at radius 3 is 2.55 bits per heavy atom. The van der Waals surface area contributed by atoms with Crippen LogP contribution in [0.5, 0.6) is 0 Å². The van der Waals surface area contributed by atoms with Gasteiger partial charge in [-0.3, -0.25) is 14.5 Å². The number of thioether (sulfide) groups is 1. The molecule has 7 heteroatoms. The maximum Gasteiger partial charge on any atom is 0.289 e. The van der Waals surface area contributed by atoms with Crippen LogP contribution in [-0.2, 0) is 10.5 Å². The van der Waals surface area contributed by atoms with E-state index in [9.17, 15) is 9.59 Å². The zero-order valence-corrected chi connectivity index (χ0v) is 19.0. The van der Waals surface area contributed by atoms with Gasteiger partial charge in [0.25, 0.3) is 5.91 Å². The molecule has 1 aromatic heterocycles. The smallest absolute Gasteiger partial charge is 0.289 e. The minimum atomic E-state index is -0.0516. The van der Waals surface area contributed by atoms with Crippen molar-refractivity contribution < 1.29 is 14.0 Å². The van der Waals surface area contributed by atoms with Gasteiger partial charge >= 0.3 is 0 Å². The minimum absolute atomic E-state index is 0.0516. The zero-order chi connectivity index (χ0) is 21.6. The van der Waals surface area contributed by atoms with Crippen molar-refractivity contribution in [2.45, 2.75) is 42.9 Å². The molecule has 2 aliphatic rings. The van der Waals surface area contributed by atoms with Crippen molar-refractivity contribution >= 4 is 23.6 Å². The molecular formula is C24H31N3O3S. The number of piperidine rings is 1. The third-order valence-electron chi connectivity index (χ3n) is 6.22. The highest BCUT2D eigenvalue weighted by Crippen LogP contribution is 2.26. The summed E-state index contributed by atoms with van der Waals surface area (Å²) in [6, 6.07) is 12.4. The van der Waals surface area contributed by atoms with Gasteiger partial charge in [-0.2, -0.15) is 0 Å². The number of hydrogen-bond acceptors (Lipinski definition) is 5. The summed E-state index contributed by atoms with van der Waals surface area (Å²) in [6.45, 7) is 6.14. The molecule has 1 atom stereocenters. The Kier molecular flexibility index (Phi) is 7.35. The highest BCUT2D eigenvalue weighted by Gasteiger charge is 2.29. The molecule has 2 aliphatic heterocycles. The van der Waals surface area contributed by atoms with Crippen LogP contribution in [0.4, 0.5) is 0 Å². The average Bonchev–Trinajstić information content (AvgIpc) is 3.27. The summed E-state index contributed by atoms with van der Waals surface area (Å²) in [7, 11) is 0. The summed E-state index contributed by atoms with van der Waals surface area (Å²) in [5.74, 6) is 1.31. The Labute approximate surface area is 188 Å². The molecule has 4 rings (SSSR count). The van der Waals surface area contributed by atoms with Crippen LogP contribution in [0.3, 0.4) is 0 Å². The number of nitrogens with zero attached hydrogens (tertiary/aromatic N) is 3. The highest BCUT2D eigenvalue weighted by molar-refractivity contribution is 7.98. The number of amides is 2. The van der Waals surface area contributed by atoms with Crippen LogP contribution in [0.1, 0.15) is 42.3 Å². The van der Waals surface area contributed by atoms with Crippen molar-refractivity contribution in [2.75, 3.05) is 39.3 Å². The van der Waals surface area contributed by atoms with Gasteiger partial charge in [0.05, 0.1) is 12.8 Å². The van der Waals surface area contributed by atoms with Crippen molar-refractivity contribution in [1.29, 1.82) is 0 Å². The van der Waals surface area contributed by atoms with Gasteiger partial charge in [-0.05, 0) is 44.4 Å². The summed E-state index contributed by atoms with van der Waals surface area (Å²) < 4.78 is 5.57. The van der Waals surface area contributed by atoms with Crippen LogP contribution in [0, 0.1) is 0 Å². The molecule has 2 aromatic rings. The summed E-state index contributed by atoms with van der Waals surface area (Å²) in [6.07, 6.45) is 5.02. The second-order valence-electron chi connectivity index (χ2n) is 8.38. The van der Waals surface area contributed by atoms with Crippen LogP contribution in [0.25, 0.3) is 0 Å². The molecule has 1 unspecified atom stereocenters. The lowest BCUT2D eigenvalue weighted by Gasteiger charge is -2.38. The van der Waals surface area contributed by atoms with Gasteiger partial charge in [0.15, 0.2) is 5.76 Å². The zero-order valence-electron chi connectivity index (χ0n) is 18.2. The fraction of sp³-hybridized carbons (Fsp3) is 0.500. The standard InChI is InChI=1S/C24H31N3O3S/c1-19-7-5-6-11-27(19)22(28)17-25-12-14-26(15-13-25)24(29)23-20(10-16-30-23)18-31-21-8-3-2-4-9-21/h2-4,8-10,16,19H,5-7,11-15,17-18H2,1H3. The number of likely N-dealkylation sites (tertiary alicyclic amines) is 1. The number of benzene rings is 1. The third-order valence-corrected chi connectivity index (χ3v) is 7.28. The molecule has 166 valence electrons. The van der Waals surface area contributed by atoms with E-state index in [-0.39, 0.29) is 11.8 Å². The average molecular weight is 442 g/mol. The molecule has 6 nitrogen and oxygen atoms in total. The predicted molar refractivity (Wildman–Crippen MR) is 122 cm³/mol. The van der Waals surface area contributed by atoms with E-state index in [2.05, 4.69) is 24.0 Å². The van der Waals surface area contributed by atoms with E-state index in [0.717, 1.165) is 24.9 Å². The Balaban J connectivity index is 1.28. The van der Waals surface area contributed by atoms with E-state index in [1.165, 1.54) is 11.3 Å². The topological polar surface area (TPSA) is 57.0 Å². The van der Waals surface area contributed by atoms with Gasteiger partial charge in [0.2, 0.25) is 5.91 Å². The molecule has 2 amide bonds. The summed E-state index contributed by atoms with van der Waals surface area (Å²) in [4.78, 5) is 33.0. The first kappa shape index (κ1) is 22.0. The molecular weight excluding hydrogens is 410 g/mol. The first-order valence-corrected chi connectivity index (χ1v) is 12.2. The Morgan fingerprint density at radius 2 is 1.81 bits per heavy atom. The molecule has 0 saturated carbocycles. The lowest BCUT2D eigenvalue weighted by atomic mass is 10.0. The number of hydrogen-bond donors (Lipinski definition) is 0. The van der Waals surface area contributed by atoms with E-state index >= 15 is 0 Å². The second-order valence-corrected chi connectivity index (χ2v) is 9.43. The Bertz CT molecular complexity index is 877. The molecule has 0 aliphatic carbocycles. The number of furan rings is 1. The van der Waals surface area contributed by atoms with E-state index < -0.39 is 0 Å². The van der Waals surface area contributed by atoms with Gasteiger partial charge in [-0.25, -0.2) is 0 Å². The number of carbonyl (C=O) groups excluding carboxylic acids is 2. The van der Waals surface area contributed by atoms with Crippen molar-refractivity contribution in [1.82, 2.24) is 14.7 Å². The van der Waals surface area contributed by atoms with Gasteiger partial charge < -0.3 is 14.2 Å². The molecule has 0 spiro atoms. The van der Waals surface area contributed by atoms with E-state index in [1.807, 2.05) is 34.1 Å². The lowest BCUT2D eigenvalue weighted by Crippen LogP contribution is -2.53. The molecule has 1 aromatic carbocycles. The first-order chi connectivity index (χ1) is 15.1. The predicted octanol–water partition coefficient (Wildman–Crippen LogP) is 3.73. The van der Waals surface area contributed by atoms with Gasteiger partial charge in [-0.1, -0.05) is 18.2 Å². The quantitative estimate of drug-likeness (QED) is 0.640. The molecule has 0 bridgehead atoms. The molecule has 0 N–H and O–H groups in total. The fourth-order valence-corrected chi connectivity index (χ4v) is 5.22. The van der Waals surface area contributed by atoms with E-state index in [4.69, 9.17) is 4.42 Å². The van der Waals surface area contributed by atoms with Crippen molar-refractivity contribution in [3.8, 4) is 0 Å². The number of piperazine rings is 1. The Morgan fingerprint density at radius 1 is 1.03 bits per heavy atom. The minimum Gasteiger partial charge on any atom is -0.459 e. The third kappa shape index (κ3) is 5.52. The normalized spacial score (nSPS) is 20.1. The van der Waals surface area contributed by atoms with Gasteiger partial charge in [-0.15, -0.1) is 11.8 Å². The highest BCUT2D eigenvalue weighted by atomic mass is 32.2. The first-order valence-electron chi connectivity index (χ1n) is 11.2. The van der Waals surface area contributed by atoms with Gasteiger partial charge in [0, 0.05) is 55.0 Å². The van der Waals surface area contributed by atoms with E-state index in [1.54, 1.807) is 18.0 Å². The number of rotatable bonds is 6. The molecule has 0 radical (unpaired) electrons. The molecule has 31 heavy (non-hydrogen) atoms. The maximum atomic E-state index is 13.0. The van der Waals surface area contributed by atoms with Gasteiger partial charge in [0.1, 0.15) is 0 Å². The largest absolute Gasteiger partial charge is 0.459 e. The van der Waals surface area contributed by atoms with E-state index in [0.29, 0.717) is 50.3 Å². The SMILES string of the molecule is CC1CCCCN1C(=O)CN1CCN(C(=O)c2occc2CSc2ccccc2)CC1. The summed E-state index contributed by atoms with van der Waals surface area (Å²) >= 11 is 1.70. The summed E-state index contributed by atoms with van der Waals surface area (Å²) in [5.41, 5.74) is 0.926. The van der Waals surface area contributed by atoms with Crippen molar-refractivity contribution in [3.05, 3.63) is 54.0 Å². The number of carbonyl (C=O) groups is 2. The van der Waals surface area contributed by atoms with Crippen LogP contribution in [0.15, 0.2) is 52.0 Å². The van der Waals surface area contributed by atoms with Crippen LogP contribution in [-0.4, -0.2) is 71.8 Å². The monoisotopic (exact) mass is 441 g/mol. The van der Waals surface area contributed by atoms with Crippen LogP contribution < -0.4 is 0 Å². The Hall–Kier alpha value is -2.25. The van der Waals surface area contributed by atoms with Crippen LogP contribution >= 0.6 is 11.8 Å². The molecule has 2 fully saturated rings. The molecule has 3 heterocycles. The van der Waals surface area contributed by atoms with Crippen LogP contribution in [0.2, 0.25) is 0 Å². The lowest BCUT2D eigenvalue weighted by molar-refractivity contribution is -0.136.